The van der Waals surface area contributed by atoms with E-state index in [9.17, 15) is 22.4 Å². The summed E-state index contributed by atoms with van der Waals surface area (Å²) in [6.07, 6.45) is -3.74. The van der Waals surface area contributed by atoms with E-state index in [-0.39, 0.29) is 17.9 Å². The van der Waals surface area contributed by atoms with Crippen LogP contribution in [0.15, 0.2) is 30.6 Å². The number of halogens is 4. The van der Waals surface area contributed by atoms with Gasteiger partial charge in [-0.15, -0.1) is 0 Å². The average molecular weight is 329 g/mol. The minimum absolute atomic E-state index is 0.00760. The van der Waals surface area contributed by atoms with Crippen molar-refractivity contribution in [1.82, 2.24) is 9.97 Å². The van der Waals surface area contributed by atoms with Crippen LogP contribution < -0.4 is 5.32 Å². The van der Waals surface area contributed by atoms with E-state index in [2.05, 4.69) is 14.7 Å². The van der Waals surface area contributed by atoms with Crippen LogP contribution >= 0.6 is 0 Å². The lowest BCUT2D eigenvalue weighted by Crippen LogP contribution is -2.19. The molecule has 0 saturated carbocycles. The van der Waals surface area contributed by atoms with Crippen molar-refractivity contribution in [3.05, 3.63) is 42.1 Å². The Hall–Kier alpha value is -2.71. The van der Waals surface area contributed by atoms with Crippen LogP contribution in [0.25, 0.3) is 11.3 Å². The minimum atomic E-state index is -4.81. The number of rotatable bonds is 3. The first kappa shape index (κ1) is 16.7. The maximum absolute atomic E-state index is 13.1. The van der Waals surface area contributed by atoms with E-state index in [1.807, 2.05) is 5.32 Å². The fourth-order valence-corrected chi connectivity index (χ4v) is 1.77. The number of nitrogens with one attached hydrogen (secondary N) is 1. The summed E-state index contributed by atoms with van der Waals surface area (Å²) >= 11 is 0. The maximum atomic E-state index is 13.1. The van der Waals surface area contributed by atoms with Crippen LogP contribution in [0.2, 0.25) is 0 Å². The third kappa shape index (κ3) is 4.15. The van der Waals surface area contributed by atoms with Gasteiger partial charge in [-0.25, -0.2) is 14.2 Å². The zero-order valence-corrected chi connectivity index (χ0v) is 11.8. The predicted molar refractivity (Wildman–Crippen MR) is 73.1 cm³/mol. The number of nitrogens with zero attached hydrogens (tertiary/aromatic N) is 2. The number of carbonyl (C=O) groups excluding carboxylic acids is 1. The Kier molecular flexibility index (Phi) is 4.77. The quantitative estimate of drug-likeness (QED) is 0.868. The zero-order chi connectivity index (χ0) is 17.0. The summed E-state index contributed by atoms with van der Waals surface area (Å²) in [5.41, 5.74) is -1.91. The first-order valence-corrected chi connectivity index (χ1v) is 6.44. The third-order valence-corrected chi connectivity index (χ3v) is 2.68. The Labute approximate surface area is 128 Å². The molecule has 0 spiro atoms. The van der Waals surface area contributed by atoms with Gasteiger partial charge in [-0.05, 0) is 25.1 Å². The SMILES string of the molecule is CCOC(=O)Nc1ccc(-c2cncc(F)c2)nc1C(F)(F)F. The highest BCUT2D eigenvalue weighted by molar-refractivity contribution is 5.85. The van der Waals surface area contributed by atoms with Crippen molar-refractivity contribution in [2.45, 2.75) is 13.1 Å². The van der Waals surface area contributed by atoms with Gasteiger partial charge in [-0.2, -0.15) is 13.2 Å². The Morgan fingerprint density at radius 2 is 2.04 bits per heavy atom. The number of anilines is 1. The molecular weight excluding hydrogens is 318 g/mol. The smallest absolute Gasteiger partial charge is 0.435 e. The van der Waals surface area contributed by atoms with Gasteiger partial charge >= 0.3 is 12.3 Å². The lowest BCUT2D eigenvalue weighted by atomic mass is 10.1. The molecule has 2 rings (SSSR count). The van der Waals surface area contributed by atoms with Crippen LogP contribution in [-0.2, 0) is 10.9 Å². The van der Waals surface area contributed by atoms with Crippen molar-refractivity contribution in [2.24, 2.45) is 0 Å². The van der Waals surface area contributed by atoms with Gasteiger partial charge < -0.3 is 4.74 Å². The van der Waals surface area contributed by atoms with Crippen LogP contribution in [0.1, 0.15) is 12.6 Å². The highest BCUT2D eigenvalue weighted by atomic mass is 19.4. The first-order chi connectivity index (χ1) is 10.8. The number of hydrogen-bond acceptors (Lipinski definition) is 4. The molecule has 23 heavy (non-hydrogen) atoms. The highest BCUT2D eigenvalue weighted by Gasteiger charge is 2.36. The molecular formula is C14H11F4N3O2. The van der Waals surface area contributed by atoms with Crippen molar-refractivity contribution in [1.29, 1.82) is 0 Å². The number of hydrogen-bond donors (Lipinski definition) is 1. The summed E-state index contributed by atoms with van der Waals surface area (Å²) in [7, 11) is 0. The van der Waals surface area contributed by atoms with Gasteiger partial charge in [0.05, 0.1) is 24.2 Å². The monoisotopic (exact) mass is 329 g/mol. The Morgan fingerprint density at radius 1 is 1.30 bits per heavy atom. The lowest BCUT2D eigenvalue weighted by Gasteiger charge is -2.14. The topological polar surface area (TPSA) is 64.1 Å². The molecule has 0 saturated heterocycles. The summed E-state index contributed by atoms with van der Waals surface area (Å²) in [5.74, 6) is -0.702. The maximum Gasteiger partial charge on any atom is 0.435 e. The molecule has 0 unspecified atom stereocenters. The molecule has 1 amide bonds. The number of ether oxygens (including phenoxy) is 1. The highest BCUT2D eigenvalue weighted by Crippen LogP contribution is 2.35. The summed E-state index contributed by atoms with van der Waals surface area (Å²) in [5, 5.41) is 1.97. The Bertz CT molecular complexity index is 719. The summed E-state index contributed by atoms with van der Waals surface area (Å²) in [6, 6.07) is 3.24. The van der Waals surface area contributed by atoms with Crippen molar-refractivity contribution < 1.29 is 27.1 Å². The standard InChI is InChI=1S/C14H11F4N3O2/c1-2-23-13(22)21-11-4-3-10(20-12(11)14(16,17)18)8-5-9(15)7-19-6-8/h3-7H,2H2,1H3,(H,21,22). The van der Waals surface area contributed by atoms with E-state index in [4.69, 9.17) is 0 Å². The van der Waals surface area contributed by atoms with Gasteiger partial charge in [-0.3, -0.25) is 10.3 Å². The van der Waals surface area contributed by atoms with Crippen molar-refractivity contribution >= 4 is 11.8 Å². The normalized spacial score (nSPS) is 11.2. The van der Waals surface area contributed by atoms with Gasteiger partial charge in [0.25, 0.3) is 0 Å². The molecule has 0 bridgehead atoms. The molecule has 2 heterocycles. The number of pyridine rings is 2. The predicted octanol–water partition coefficient (Wildman–Crippen LogP) is 3.87. The zero-order valence-electron chi connectivity index (χ0n) is 11.8. The molecule has 0 atom stereocenters. The van der Waals surface area contributed by atoms with Gasteiger partial charge in [0, 0.05) is 11.8 Å². The minimum Gasteiger partial charge on any atom is -0.450 e. The summed E-state index contributed by atoms with van der Waals surface area (Å²) < 4.78 is 57.0. The van der Waals surface area contributed by atoms with E-state index >= 15 is 0 Å². The number of carbonyl (C=O) groups is 1. The average Bonchev–Trinajstić information content (AvgIpc) is 2.46. The fraction of sp³-hybridized carbons (Fsp3) is 0.214. The van der Waals surface area contributed by atoms with Crippen LogP contribution in [0.3, 0.4) is 0 Å². The summed E-state index contributed by atoms with van der Waals surface area (Å²) in [4.78, 5) is 18.3. The molecule has 0 aliphatic rings. The number of aromatic nitrogens is 2. The van der Waals surface area contributed by atoms with E-state index in [0.717, 1.165) is 18.3 Å². The first-order valence-electron chi connectivity index (χ1n) is 6.44. The molecule has 1 N–H and O–H groups in total. The molecule has 0 aromatic carbocycles. The molecule has 122 valence electrons. The summed E-state index contributed by atoms with van der Waals surface area (Å²) in [6.45, 7) is 1.52. The lowest BCUT2D eigenvalue weighted by molar-refractivity contribution is -0.140. The van der Waals surface area contributed by atoms with E-state index < -0.39 is 29.5 Å². The molecule has 0 aliphatic heterocycles. The Balaban J connectivity index is 2.44. The molecule has 0 radical (unpaired) electrons. The second kappa shape index (κ2) is 6.59. The van der Waals surface area contributed by atoms with Gasteiger partial charge in [-0.1, -0.05) is 0 Å². The van der Waals surface area contributed by atoms with Crippen LogP contribution in [0, 0.1) is 5.82 Å². The number of alkyl halides is 3. The van der Waals surface area contributed by atoms with Crippen LogP contribution in [0.5, 0.6) is 0 Å². The van der Waals surface area contributed by atoms with Crippen molar-refractivity contribution in [2.75, 3.05) is 11.9 Å². The second-order valence-corrected chi connectivity index (χ2v) is 4.33. The largest absolute Gasteiger partial charge is 0.450 e. The third-order valence-electron chi connectivity index (χ3n) is 2.68. The molecule has 5 nitrogen and oxygen atoms in total. The second-order valence-electron chi connectivity index (χ2n) is 4.33. The van der Waals surface area contributed by atoms with Gasteiger partial charge in [0.1, 0.15) is 5.82 Å². The van der Waals surface area contributed by atoms with Crippen LogP contribution in [0.4, 0.5) is 28.0 Å². The van der Waals surface area contributed by atoms with Crippen molar-refractivity contribution in [3.8, 4) is 11.3 Å². The van der Waals surface area contributed by atoms with Crippen LogP contribution in [-0.4, -0.2) is 22.7 Å². The molecule has 9 heteroatoms. The van der Waals surface area contributed by atoms with Gasteiger partial charge in [0.15, 0.2) is 5.69 Å². The number of amides is 1. The molecule has 0 fully saturated rings. The van der Waals surface area contributed by atoms with E-state index in [1.165, 1.54) is 19.2 Å². The Morgan fingerprint density at radius 3 is 2.65 bits per heavy atom. The molecule has 0 aliphatic carbocycles. The van der Waals surface area contributed by atoms with E-state index in [0.29, 0.717) is 0 Å². The fourth-order valence-electron chi connectivity index (χ4n) is 1.77. The van der Waals surface area contributed by atoms with E-state index in [1.54, 1.807) is 0 Å². The molecule has 2 aromatic rings. The molecule has 2 aromatic heterocycles. The van der Waals surface area contributed by atoms with Gasteiger partial charge in [0.2, 0.25) is 0 Å². The van der Waals surface area contributed by atoms with Crippen molar-refractivity contribution in [3.63, 3.8) is 0 Å².